The van der Waals surface area contributed by atoms with Crippen molar-refractivity contribution in [1.82, 2.24) is 0 Å². The molecule has 31 heavy (non-hydrogen) atoms. The van der Waals surface area contributed by atoms with Crippen molar-refractivity contribution in [3.05, 3.63) is 87.5 Å². The SMILES string of the molecule is COC(=O)c1ccc(OC2=C3N=C4CCCCC4=C3C(Cc3ccc(Cl)cc3)C=C2)o1. The molecule has 158 valence electrons. The Balaban J connectivity index is 1.47. The van der Waals surface area contributed by atoms with Crippen molar-refractivity contribution in [3.8, 4) is 5.95 Å². The number of aliphatic imine (C=N–C) groups is 1. The fourth-order valence-corrected chi connectivity index (χ4v) is 4.55. The lowest BCUT2D eigenvalue weighted by atomic mass is 9.81. The van der Waals surface area contributed by atoms with Gasteiger partial charge in [0.1, 0.15) is 5.70 Å². The van der Waals surface area contributed by atoms with Crippen LogP contribution in [0.5, 0.6) is 5.95 Å². The number of rotatable bonds is 5. The van der Waals surface area contributed by atoms with Crippen molar-refractivity contribution in [1.29, 1.82) is 0 Å². The van der Waals surface area contributed by atoms with Gasteiger partial charge in [-0.2, -0.15) is 0 Å². The number of hydrogen-bond donors (Lipinski definition) is 0. The third-order valence-corrected chi connectivity index (χ3v) is 6.15. The number of halogens is 1. The molecule has 0 bridgehead atoms. The molecule has 0 saturated heterocycles. The summed E-state index contributed by atoms with van der Waals surface area (Å²) in [6.45, 7) is 0. The highest BCUT2D eigenvalue weighted by Gasteiger charge is 2.34. The van der Waals surface area contributed by atoms with Gasteiger partial charge < -0.3 is 13.9 Å². The average Bonchev–Trinajstić information content (AvgIpc) is 3.41. The quantitative estimate of drug-likeness (QED) is 0.535. The Morgan fingerprint density at radius 1 is 1.16 bits per heavy atom. The highest BCUT2D eigenvalue weighted by molar-refractivity contribution is 6.30. The summed E-state index contributed by atoms with van der Waals surface area (Å²) in [4.78, 5) is 16.6. The van der Waals surface area contributed by atoms with E-state index in [-0.39, 0.29) is 17.6 Å². The van der Waals surface area contributed by atoms with Crippen molar-refractivity contribution in [2.45, 2.75) is 32.1 Å². The van der Waals surface area contributed by atoms with E-state index in [0.29, 0.717) is 5.76 Å². The number of furan rings is 1. The summed E-state index contributed by atoms with van der Waals surface area (Å²) in [6.07, 6.45) is 9.39. The number of ether oxygens (including phenoxy) is 2. The predicted octanol–water partition coefficient (Wildman–Crippen LogP) is 6.06. The number of allylic oxidation sites excluding steroid dienone is 4. The van der Waals surface area contributed by atoms with Crippen LogP contribution in [0, 0.1) is 5.92 Å². The van der Waals surface area contributed by atoms with E-state index in [0.717, 1.165) is 36.4 Å². The molecule has 6 heteroatoms. The zero-order valence-corrected chi connectivity index (χ0v) is 17.9. The van der Waals surface area contributed by atoms with Gasteiger partial charge in [-0.3, -0.25) is 0 Å². The Morgan fingerprint density at radius 2 is 1.97 bits per heavy atom. The molecule has 2 heterocycles. The second kappa shape index (κ2) is 8.23. The first-order chi connectivity index (χ1) is 15.1. The molecule has 0 amide bonds. The fraction of sp³-hybridized carbons (Fsp3) is 0.280. The maximum absolute atomic E-state index is 11.7. The first-order valence-electron chi connectivity index (χ1n) is 10.5. The first kappa shape index (κ1) is 19.9. The smallest absolute Gasteiger partial charge is 0.374 e. The van der Waals surface area contributed by atoms with E-state index in [9.17, 15) is 4.79 Å². The van der Waals surface area contributed by atoms with Crippen LogP contribution in [0.4, 0.5) is 0 Å². The van der Waals surface area contributed by atoms with Crippen molar-refractivity contribution in [2.24, 2.45) is 10.9 Å². The van der Waals surface area contributed by atoms with Crippen LogP contribution in [0.2, 0.25) is 5.02 Å². The average molecular weight is 436 g/mol. The predicted molar refractivity (Wildman–Crippen MR) is 118 cm³/mol. The van der Waals surface area contributed by atoms with Gasteiger partial charge in [-0.05, 0) is 73.1 Å². The van der Waals surface area contributed by atoms with Crippen molar-refractivity contribution in [3.63, 3.8) is 0 Å². The van der Waals surface area contributed by atoms with E-state index in [2.05, 4.69) is 18.2 Å². The van der Waals surface area contributed by atoms with Crippen molar-refractivity contribution < 1.29 is 18.7 Å². The van der Waals surface area contributed by atoms with Gasteiger partial charge in [0.15, 0.2) is 5.76 Å². The van der Waals surface area contributed by atoms with E-state index >= 15 is 0 Å². The van der Waals surface area contributed by atoms with E-state index in [4.69, 9.17) is 30.5 Å². The lowest BCUT2D eigenvalue weighted by Gasteiger charge is -2.24. The Morgan fingerprint density at radius 3 is 2.77 bits per heavy atom. The number of nitrogens with zero attached hydrogens (tertiary/aromatic N) is 1. The minimum absolute atomic E-state index is 0.105. The lowest BCUT2D eigenvalue weighted by Crippen LogP contribution is -2.15. The number of carbonyl (C=O) groups excluding carboxylic acids is 1. The van der Waals surface area contributed by atoms with Crippen LogP contribution < -0.4 is 4.74 Å². The van der Waals surface area contributed by atoms with Gasteiger partial charge in [0.05, 0.1) is 7.11 Å². The second-order valence-electron chi connectivity index (χ2n) is 7.88. The van der Waals surface area contributed by atoms with Gasteiger partial charge in [-0.15, -0.1) is 0 Å². The molecular formula is C25H22ClNO4. The molecule has 1 fully saturated rings. The Labute approximate surface area is 185 Å². The minimum Gasteiger partial charge on any atom is -0.463 e. The van der Waals surface area contributed by atoms with Crippen LogP contribution in [0.3, 0.4) is 0 Å². The maximum Gasteiger partial charge on any atom is 0.374 e. The van der Waals surface area contributed by atoms with E-state index in [1.165, 1.54) is 36.0 Å². The molecule has 1 aliphatic heterocycles. The monoisotopic (exact) mass is 435 g/mol. The molecule has 1 saturated carbocycles. The van der Waals surface area contributed by atoms with Crippen molar-refractivity contribution >= 4 is 23.3 Å². The maximum atomic E-state index is 11.7. The highest BCUT2D eigenvalue weighted by atomic mass is 35.5. The van der Waals surface area contributed by atoms with Gasteiger partial charge in [0.2, 0.25) is 5.76 Å². The fourth-order valence-electron chi connectivity index (χ4n) is 4.43. The van der Waals surface area contributed by atoms with Gasteiger partial charge in [-0.25, -0.2) is 9.79 Å². The number of benzene rings is 1. The van der Waals surface area contributed by atoms with Crippen LogP contribution >= 0.6 is 11.6 Å². The summed E-state index contributed by atoms with van der Waals surface area (Å²) in [7, 11) is 1.31. The van der Waals surface area contributed by atoms with Gasteiger partial charge in [0, 0.05) is 22.7 Å². The molecule has 2 aliphatic carbocycles. The van der Waals surface area contributed by atoms with Gasteiger partial charge >= 0.3 is 5.97 Å². The third-order valence-electron chi connectivity index (χ3n) is 5.90. The van der Waals surface area contributed by atoms with E-state index in [1.807, 2.05) is 18.2 Å². The first-order valence-corrected chi connectivity index (χ1v) is 10.8. The molecule has 0 radical (unpaired) electrons. The second-order valence-corrected chi connectivity index (χ2v) is 8.32. The lowest BCUT2D eigenvalue weighted by molar-refractivity contribution is 0.0559. The minimum atomic E-state index is -0.537. The molecule has 1 atom stereocenters. The van der Waals surface area contributed by atoms with Gasteiger partial charge in [0.25, 0.3) is 5.95 Å². The standard InChI is InChI=1S/C25H22ClNO4/c1-29-25(28)21-12-13-22(31-21)30-20-11-8-16(14-15-6-9-17(26)10-7-15)23-18-4-2-3-5-19(18)27-24(20)23/h6-13,16H,2-5,14H2,1H3. The molecule has 1 aromatic heterocycles. The number of fused-ring (bicyclic) bond motifs is 2. The molecule has 3 aliphatic rings. The molecule has 2 aromatic rings. The molecule has 1 unspecified atom stereocenters. The molecule has 1 aromatic carbocycles. The Kier molecular flexibility index (Phi) is 5.28. The van der Waals surface area contributed by atoms with Crippen molar-refractivity contribution in [2.75, 3.05) is 7.11 Å². The summed E-state index contributed by atoms with van der Waals surface area (Å²) in [5.74, 6) is 0.670. The summed E-state index contributed by atoms with van der Waals surface area (Å²) in [5, 5.41) is 0.741. The summed E-state index contributed by atoms with van der Waals surface area (Å²) in [5.41, 5.74) is 5.90. The number of esters is 1. The van der Waals surface area contributed by atoms with E-state index < -0.39 is 5.97 Å². The van der Waals surface area contributed by atoms with Crippen LogP contribution in [-0.4, -0.2) is 18.8 Å². The number of methoxy groups -OCH3 is 1. The molecule has 0 spiro atoms. The van der Waals surface area contributed by atoms with Crippen LogP contribution in [0.15, 0.2) is 80.6 Å². The van der Waals surface area contributed by atoms with Gasteiger partial charge in [-0.1, -0.05) is 29.8 Å². The largest absolute Gasteiger partial charge is 0.463 e. The molecular weight excluding hydrogens is 414 g/mol. The third kappa shape index (κ3) is 3.86. The van der Waals surface area contributed by atoms with Crippen LogP contribution in [0.1, 0.15) is 41.8 Å². The number of hydrogen-bond acceptors (Lipinski definition) is 5. The molecule has 5 nitrogen and oxygen atoms in total. The molecule has 0 N–H and O–H groups in total. The zero-order valence-electron chi connectivity index (χ0n) is 17.2. The topological polar surface area (TPSA) is 61.0 Å². The molecule has 5 rings (SSSR count). The van der Waals surface area contributed by atoms with Crippen LogP contribution in [-0.2, 0) is 11.2 Å². The number of carbonyl (C=O) groups is 1. The normalized spacial score (nSPS) is 19.8. The summed E-state index contributed by atoms with van der Waals surface area (Å²) in [6, 6.07) is 11.2. The van der Waals surface area contributed by atoms with E-state index in [1.54, 1.807) is 12.1 Å². The zero-order chi connectivity index (χ0) is 21.4. The highest BCUT2D eigenvalue weighted by Crippen LogP contribution is 2.43. The Hall–Kier alpha value is -3.05. The van der Waals surface area contributed by atoms with Crippen LogP contribution in [0.25, 0.3) is 0 Å². The summed E-state index contributed by atoms with van der Waals surface area (Å²) < 4.78 is 16.2. The summed E-state index contributed by atoms with van der Waals surface area (Å²) >= 11 is 6.06. The Bertz CT molecular complexity index is 1150.